The summed E-state index contributed by atoms with van der Waals surface area (Å²) in [7, 11) is -1.77. The average Bonchev–Trinajstić information content (AvgIpc) is 2.83. The first-order chi connectivity index (χ1) is 17.3. The largest absolute Gasteiger partial charge is 0.461 e. The van der Waals surface area contributed by atoms with E-state index in [4.69, 9.17) is 0 Å². The number of hydrogen-bond donors (Lipinski definition) is 1. The Balaban J connectivity index is 2.31. The van der Waals surface area contributed by atoms with Crippen molar-refractivity contribution < 1.29 is 30.9 Å². The third-order valence-corrected chi connectivity index (χ3v) is 7.16. The number of alkyl halides is 4. The highest BCUT2D eigenvalue weighted by molar-refractivity contribution is 7.84. The number of halogens is 5. The number of ether oxygens (including phenoxy) is 1. The van der Waals surface area contributed by atoms with Gasteiger partial charge in [0.2, 0.25) is 0 Å². The predicted octanol–water partition coefficient (Wildman–Crippen LogP) is 6.47. The summed E-state index contributed by atoms with van der Waals surface area (Å²) >= 11 is 0. The van der Waals surface area contributed by atoms with Crippen LogP contribution in [0.25, 0.3) is 0 Å². The monoisotopic (exact) mass is 536 g/mol. The third-order valence-electron chi connectivity index (χ3n) is 5.51. The average molecular weight is 537 g/mol. The summed E-state index contributed by atoms with van der Waals surface area (Å²) < 4.78 is 87.8. The molecule has 4 nitrogen and oxygen atoms in total. The van der Waals surface area contributed by atoms with Gasteiger partial charge in [0.25, 0.3) is 0 Å². The summed E-state index contributed by atoms with van der Waals surface area (Å²) in [4.78, 5) is 0. The van der Waals surface area contributed by atoms with Crippen LogP contribution in [0.1, 0.15) is 43.0 Å². The molecule has 0 saturated heterocycles. The fraction of sp³-hybridized carbons (Fsp3) is 0.296. The molecule has 0 aliphatic carbocycles. The smallest absolute Gasteiger partial charge is 0.428 e. The summed E-state index contributed by atoms with van der Waals surface area (Å²) in [5.74, 6) is -1.85. The molecule has 0 amide bonds. The van der Waals surface area contributed by atoms with Gasteiger partial charge in [0, 0.05) is 6.07 Å². The lowest BCUT2D eigenvalue weighted by molar-refractivity contribution is -0.253. The molecule has 0 aromatic heterocycles. The molecule has 3 rings (SSSR count). The van der Waals surface area contributed by atoms with E-state index in [1.807, 2.05) is 6.07 Å². The van der Waals surface area contributed by atoms with Crippen molar-refractivity contribution in [3.63, 3.8) is 0 Å². The zero-order chi connectivity index (χ0) is 27.4. The molecular formula is C27H25F5N2O2S. The van der Waals surface area contributed by atoms with Gasteiger partial charge in [0.1, 0.15) is 11.6 Å². The Bertz CT molecular complexity index is 1290. The van der Waals surface area contributed by atoms with Gasteiger partial charge in [0.05, 0.1) is 32.9 Å². The lowest BCUT2D eigenvalue weighted by Crippen LogP contribution is -2.50. The lowest BCUT2D eigenvalue weighted by atomic mass is 9.78. The van der Waals surface area contributed by atoms with Crippen LogP contribution in [0.4, 0.5) is 22.0 Å². The van der Waals surface area contributed by atoms with Crippen molar-refractivity contribution in [2.45, 2.75) is 50.0 Å². The zero-order valence-corrected chi connectivity index (χ0v) is 21.1. The van der Waals surface area contributed by atoms with Gasteiger partial charge in [-0.25, -0.2) is 13.3 Å². The minimum atomic E-state index is -4.86. The molecule has 10 heteroatoms. The van der Waals surface area contributed by atoms with Gasteiger partial charge in [-0.05, 0) is 68.1 Å². The molecule has 3 aromatic rings. The number of nitriles is 1. The van der Waals surface area contributed by atoms with Crippen LogP contribution in [0.2, 0.25) is 0 Å². The highest BCUT2D eigenvalue weighted by Crippen LogP contribution is 2.38. The van der Waals surface area contributed by atoms with Crippen LogP contribution in [0, 0.1) is 17.1 Å². The lowest BCUT2D eigenvalue weighted by Gasteiger charge is -2.38. The SMILES string of the molecule is CC(C)(C)S(=O)N[C@](Cc1ccccc1)(c1ccc(C#N)cc1)c1cc(F)cc(OC(F)(F)C(F)F)c1. The van der Waals surface area contributed by atoms with Crippen LogP contribution >= 0.6 is 0 Å². The van der Waals surface area contributed by atoms with E-state index in [9.17, 15) is 31.4 Å². The molecule has 0 heterocycles. The third kappa shape index (κ3) is 6.73. The zero-order valence-electron chi connectivity index (χ0n) is 20.3. The quantitative estimate of drug-likeness (QED) is 0.319. The maximum absolute atomic E-state index is 14.8. The number of benzene rings is 3. The topological polar surface area (TPSA) is 62.1 Å². The van der Waals surface area contributed by atoms with Gasteiger partial charge < -0.3 is 4.74 Å². The van der Waals surface area contributed by atoms with Crippen molar-refractivity contribution >= 4 is 11.0 Å². The fourth-order valence-electron chi connectivity index (χ4n) is 3.64. The predicted molar refractivity (Wildman–Crippen MR) is 131 cm³/mol. The van der Waals surface area contributed by atoms with Gasteiger partial charge in [0.15, 0.2) is 0 Å². The van der Waals surface area contributed by atoms with Crippen LogP contribution < -0.4 is 9.46 Å². The number of nitrogens with one attached hydrogen (secondary N) is 1. The number of rotatable bonds is 9. The molecule has 1 N–H and O–H groups in total. The molecule has 196 valence electrons. The van der Waals surface area contributed by atoms with E-state index >= 15 is 0 Å². The first-order valence-corrected chi connectivity index (χ1v) is 12.3. The number of hydrogen-bond acceptors (Lipinski definition) is 3. The van der Waals surface area contributed by atoms with Gasteiger partial charge in [-0.1, -0.05) is 42.5 Å². The molecule has 0 radical (unpaired) electrons. The van der Waals surface area contributed by atoms with Crippen molar-refractivity contribution in [3.8, 4) is 11.8 Å². The van der Waals surface area contributed by atoms with E-state index < -0.39 is 45.4 Å². The summed E-state index contributed by atoms with van der Waals surface area (Å²) in [6, 6.07) is 19.7. The Morgan fingerprint density at radius 1 is 0.973 bits per heavy atom. The molecule has 0 spiro atoms. The summed E-state index contributed by atoms with van der Waals surface area (Å²) in [5, 5.41) is 9.25. The number of nitrogens with zero attached hydrogens (tertiary/aromatic N) is 1. The normalized spacial score (nSPS) is 14.6. The van der Waals surface area contributed by atoms with Crippen molar-refractivity contribution in [2.75, 3.05) is 0 Å². The maximum Gasteiger partial charge on any atom is 0.461 e. The highest BCUT2D eigenvalue weighted by atomic mass is 32.2. The van der Waals surface area contributed by atoms with E-state index in [0.29, 0.717) is 17.2 Å². The molecule has 0 saturated carbocycles. The molecule has 0 bridgehead atoms. The van der Waals surface area contributed by atoms with E-state index in [2.05, 4.69) is 9.46 Å². The first-order valence-electron chi connectivity index (χ1n) is 11.2. The molecule has 3 aromatic carbocycles. The maximum atomic E-state index is 14.8. The van der Waals surface area contributed by atoms with Gasteiger partial charge >= 0.3 is 12.5 Å². The van der Waals surface area contributed by atoms with Crippen LogP contribution in [-0.4, -0.2) is 21.5 Å². The Kier molecular flexibility index (Phi) is 8.40. The van der Waals surface area contributed by atoms with E-state index in [-0.39, 0.29) is 12.0 Å². The van der Waals surface area contributed by atoms with Crippen molar-refractivity contribution in [1.29, 1.82) is 5.26 Å². The van der Waals surface area contributed by atoms with Gasteiger partial charge in [-0.15, -0.1) is 0 Å². The van der Waals surface area contributed by atoms with E-state index in [1.165, 1.54) is 12.1 Å². The second-order valence-electron chi connectivity index (χ2n) is 9.38. The molecule has 37 heavy (non-hydrogen) atoms. The van der Waals surface area contributed by atoms with Gasteiger partial charge in [-0.2, -0.15) is 22.8 Å². The van der Waals surface area contributed by atoms with Crippen molar-refractivity contribution in [3.05, 3.63) is 101 Å². The van der Waals surface area contributed by atoms with Crippen molar-refractivity contribution in [2.24, 2.45) is 0 Å². The molecule has 0 aliphatic rings. The minimum Gasteiger partial charge on any atom is -0.428 e. The van der Waals surface area contributed by atoms with Crippen LogP contribution in [0.15, 0.2) is 72.8 Å². The second kappa shape index (κ2) is 11.0. The molecule has 0 fully saturated rings. The van der Waals surface area contributed by atoms with Crippen LogP contribution in [-0.2, 0) is 22.9 Å². The first kappa shape index (κ1) is 28.3. The van der Waals surface area contributed by atoms with Gasteiger partial charge in [-0.3, -0.25) is 0 Å². The highest BCUT2D eigenvalue weighted by Gasteiger charge is 2.45. The summed E-state index contributed by atoms with van der Waals surface area (Å²) in [5.41, 5.74) is -0.0127. The fourth-order valence-corrected chi connectivity index (χ4v) is 4.57. The molecule has 2 atom stereocenters. The van der Waals surface area contributed by atoms with Crippen LogP contribution in [0.5, 0.6) is 5.75 Å². The second-order valence-corrected chi connectivity index (χ2v) is 11.3. The minimum absolute atomic E-state index is 0.0127. The Hall–Kier alpha value is -3.29. The molecular weight excluding hydrogens is 511 g/mol. The van der Waals surface area contributed by atoms with Crippen molar-refractivity contribution in [1.82, 2.24) is 4.72 Å². The Morgan fingerprint density at radius 2 is 1.59 bits per heavy atom. The summed E-state index contributed by atoms with van der Waals surface area (Å²) in [6.07, 6.45) is -8.93. The molecule has 1 unspecified atom stereocenters. The Morgan fingerprint density at radius 3 is 2.14 bits per heavy atom. The summed E-state index contributed by atoms with van der Waals surface area (Å²) in [6.45, 7) is 5.14. The van der Waals surface area contributed by atoms with Crippen LogP contribution in [0.3, 0.4) is 0 Å². The Labute approximate surface area is 214 Å². The molecule has 0 aliphatic heterocycles. The van der Waals surface area contributed by atoms with E-state index in [0.717, 1.165) is 17.7 Å². The van der Waals surface area contributed by atoms with E-state index in [1.54, 1.807) is 63.2 Å². The standard InChI is InChI=1S/C27H25F5N2O2S/c1-25(2,3)37(35)34-26(16-18-7-5-4-6-8-18,20-11-9-19(17-33)10-12-20)21-13-22(28)15-23(14-21)36-27(31,32)24(29)30/h4-15,24,34H,16H2,1-3H3/t26-,37?/m1/s1.